The molecule has 0 saturated carbocycles. The van der Waals surface area contributed by atoms with Crippen LogP contribution in [-0.4, -0.2) is 44.2 Å². The van der Waals surface area contributed by atoms with Gasteiger partial charge in [0, 0.05) is 37.6 Å². The second-order valence-electron chi connectivity index (χ2n) is 6.47. The third-order valence-electron chi connectivity index (χ3n) is 4.61. The summed E-state index contributed by atoms with van der Waals surface area (Å²) in [4.78, 5) is 26.2. The minimum atomic E-state index is -0.880. The molecule has 1 aliphatic rings. The highest BCUT2D eigenvalue weighted by atomic mass is 16.5. The lowest BCUT2D eigenvalue weighted by atomic mass is 10.0. The van der Waals surface area contributed by atoms with Gasteiger partial charge in [-0.1, -0.05) is 18.2 Å². The molecule has 1 heterocycles. The highest BCUT2D eigenvalue weighted by molar-refractivity contribution is 6.39. The normalized spacial score (nSPS) is 13.7. The predicted octanol–water partition coefficient (Wildman–Crippen LogP) is 1.48. The van der Waals surface area contributed by atoms with Crippen LogP contribution in [0.1, 0.15) is 17.2 Å². The van der Waals surface area contributed by atoms with Gasteiger partial charge < -0.3 is 25.4 Å². The second-order valence-corrected chi connectivity index (χ2v) is 6.47. The Labute approximate surface area is 157 Å². The number of anilines is 2. The van der Waals surface area contributed by atoms with E-state index in [0.29, 0.717) is 11.4 Å². The summed E-state index contributed by atoms with van der Waals surface area (Å²) < 4.78 is 5.08. The average Bonchev–Trinajstić information content (AvgIpc) is 3.06. The largest absolute Gasteiger partial charge is 0.497 e. The molecule has 1 unspecified atom stereocenters. The van der Waals surface area contributed by atoms with Crippen LogP contribution in [0.3, 0.4) is 0 Å². The van der Waals surface area contributed by atoms with Crippen LogP contribution in [0.25, 0.3) is 0 Å². The van der Waals surface area contributed by atoms with Crippen molar-refractivity contribution in [2.24, 2.45) is 0 Å². The molecular weight excluding hydrogens is 346 g/mol. The monoisotopic (exact) mass is 369 g/mol. The quantitative estimate of drug-likeness (QED) is 0.695. The van der Waals surface area contributed by atoms with E-state index in [9.17, 15) is 14.7 Å². The number of nitrogens with zero attached hydrogens (tertiary/aromatic N) is 1. The highest BCUT2D eigenvalue weighted by Crippen LogP contribution is 2.29. The number of amides is 2. The van der Waals surface area contributed by atoms with Crippen molar-refractivity contribution >= 4 is 23.2 Å². The van der Waals surface area contributed by atoms with E-state index in [0.717, 1.165) is 24.2 Å². The van der Waals surface area contributed by atoms with Gasteiger partial charge in [-0.3, -0.25) is 9.59 Å². The number of ether oxygens (including phenoxy) is 1. The number of aliphatic hydroxyl groups is 1. The van der Waals surface area contributed by atoms with Crippen molar-refractivity contribution in [3.05, 3.63) is 53.6 Å². The first-order valence-electron chi connectivity index (χ1n) is 8.73. The molecule has 0 fully saturated rings. The second kappa shape index (κ2) is 8.09. The molecule has 2 aromatic carbocycles. The summed E-state index contributed by atoms with van der Waals surface area (Å²) in [7, 11) is 3.55. The SMILES string of the molecule is COc1cccc(NC(=O)C(=O)NCC(O)c2ccc3c(c2)CCN3C)c1. The average molecular weight is 369 g/mol. The van der Waals surface area contributed by atoms with Crippen molar-refractivity contribution < 1.29 is 19.4 Å². The van der Waals surface area contributed by atoms with E-state index in [1.165, 1.54) is 12.7 Å². The number of rotatable bonds is 5. The molecule has 1 atom stereocenters. The topological polar surface area (TPSA) is 90.9 Å². The summed E-state index contributed by atoms with van der Waals surface area (Å²) in [5.41, 5.74) is 3.51. The maximum Gasteiger partial charge on any atom is 0.313 e. The van der Waals surface area contributed by atoms with Crippen LogP contribution in [0.2, 0.25) is 0 Å². The Balaban J connectivity index is 1.54. The summed E-state index contributed by atoms with van der Waals surface area (Å²) in [6.45, 7) is 0.912. The van der Waals surface area contributed by atoms with E-state index in [4.69, 9.17) is 4.74 Å². The predicted molar refractivity (Wildman–Crippen MR) is 103 cm³/mol. The van der Waals surface area contributed by atoms with Gasteiger partial charge in [-0.25, -0.2) is 0 Å². The molecule has 0 spiro atoms. The zero-order valence-electron chi connectivity index (χ0n) is 15.4. The number of hydrogen-bond donors (Lipinski definition) is 3. The van der Waals surface area contributed by atoms with Crippen molar-refractivity contribution in [2.75, 3.05) is 37.5 Å². The van der Waals surface area contributed by atoms with Gasteiger partial charge in [-0.15, -0.1) is 0 Å². The first kappa shape index (κ1) is 18.7. The number of aliphatic hydroxyl groups excluding tert-OH is 1. The standard InChI is InChI=1S/C20H23N3O4/c1-23-9-8-13-10-14(6-7-17(13)23)18(24)12-21-19(25)20(26)22-15-4-3-5-16(11-15)27-2/h3-7,10-11,18,24H,8-9,12H2,1-2H3,(H,21,25)(H,22,26). The number of likely N-dealkylation sites (N-methyl/N-ethyl adjacent to an activating group) is 1. The first-order chi connectivity index (χ1) is 13.0. The number of benzene rings is 2. The van der Waals surface area contributed by atoms with E-state index in [1.54, 1.807) is 24.3 Å². The van der Waals surface area contributed by atoms with Gasteiger partial charge in [0.2, 0.25) is 0 Å². The Bertz CT molecular complexity index is 853. The maximum absolute atomic E-state index is 12.0. The van der Waals surface area contributed by atoms with Gasteiger partial charge in [-0.2, -0.15) is 0 Å². The Kier molecular flexibility index (Phi) is 5.61. The Morgan fingerprint density at radius 3 is 2.81 bits per heavy atom. The maximum atomic E-state index is 12.0. The number of hydrogen-bond acceptors (Lipinski definition) is 5. The molecule has 0 saturated heterocycles. The molecule has 27 heavy (non-hydrogen) atoms. The van der Waals surface area contributed by atoms with Gasteiger partial charge in [0.05, 0.1) is 13.2 Å². The zero-order chi connectivity index (χ0) is 19.4. The van der Waals surface area contributed by atoms with Crippen LogP contribution < -0.4 is 20.3 Å². The number of carbonyl (C=O) groups excluding carboxylic acids is 2. The van der Waals surface area contributed by atoms with E-state index >= 15 is 0 Å². The molecular formula is C20H23N3O4. The van der Waals surface area contributed by atoms with Crippen molar-refractivity contribution in [1.29, 1.82) is 0 Å². The van der Waals surface area contributed by atoms with Gasteiger partial charge in [0.15, 0.2) is 0 Å². The molecule has 7 heteroatoms. The summed E-state index contributed by atoms with van der Waals surface area (Å²) >= 11 is 0. The van der Waals surface area contributed by atoms with Crippen LogP contribution in [0, 0.1) is 0 Å². The van der Waals surface area contributed by atoms with Gasteiger partial charge in [0.1, 0.15) is 5.75 Å². The number of fused-ring (bicyclic) bond motifs is 1. The van der Waals surface area contributed by atoms with Crippen molar-refractivity contribution in [3.63, 3.8) is 0 Å². The minimum Gasteiger partial charge on any atom is -0.497 e. The van der Waals surface area contributed by atoms with Crippen LogP contribution in [0.4, 0.5) is 11.4 Å². The van der Waals surface area contributed by atoms with Gasteiger partial charge >= 0.3 is 11.8 Å². The molecule has 142 valence electrons. The third kappa shape index (κ3) is 4.38. The van der Waals surface area contributed by atoms with Crippen LogP contribution in [0.5, 0.6) is 5.75 Å². The molecule has 2 amide bonds. The molecule has 2 aromatic rings. The summed E-state index contributed by atoms with van der Waals surface area (Å²) in [6.07, 6.45) is 0.0524. The van der Waals surface area contributed by atoms with Gasteiger partial charge in [-0.05, 0) is 35.7 Å². The number of nitrogens with one attached hydrogen (secondary N) is 2. The molecule has 0 bridgehead atoms. The lowest BCUT2D eigenvalue weighted by Gasteiger charge is -2.15. The molecule has 0 aliphatic carbocycles. The van der Waals surface area contributed by atoms with E-state index < -0.39 is 17.9 Å². The Morgan fingerprint density at radius 2 is 2.04 bits per heavy atom. The fourth-order valence-corrected chi connectivity index (χ4v) is 3.07. The summed E-state index contributed by atoms with van der Waals surface area (Å²) in [5, 5.41) is 15.3. The molecule has 0 radical (unpaired) electrons. The number of methoxy groups -OCH3 is 1. The lowest BCUT2D eigenvalue weighted by molar-refractivity contribution is -0.136. The van der Waals surface area contributed by atoms with E-state index in [-0.39, 0.29) is 6.54 Å². The van der Waals surface area contributed by atoms with Crippen molar-refractivity contribution in [3.8, 4) is 5.75 Å². The fourth-order valence-electron chi connectivity index (χ4n) is 3.07. The molecule has 3 rings (SSSR count). The molecule has 3 N–H and O–H groups in total. The van der Waals surface area contributed by atoms with Gasteiger partial charge in [0.25, 0.3) is 0 Å². The number of carbonyl (C=O) groups is 2. The Morgan fingerprint density at radius 1 is 1.22 bits per heavy atom. The van der Waals surface area contributed by atoms with E-state index in [1.807, 2.05) is 25.2 Å². The molecule has 1 aliphatic heterocycles. The van der Waals surface area contributed by atoms with E-state index in [2.05, 4.69) is 15.5 Å². The Hall–Kier alpha value is -3.06. The zero-order valence-corrected chi connectivity index (χ0v) is 15.4. The van der Waals surface area contributed by atoms with Crippen LogP contribution >= 0.6 is 0 Å². The summed E-state index contributed by atoms with van der Waals surface area (Å²) in [6, 6.07) is 12.5. The van der Waals surface area contributed by atoms with Crippen LogP contribution in [-0.2, 0) is 16.0 Å². The smallest absolute Gasteiger partial charge is 0.313 e. The highest BCUT2D eigenvalue weighted by Gasteiger charge is 2.19. The molecule has 0 aromatic heterocycles. The molecule has 7 nitrogen and oxygen atoms in total. The van der Waals surface area contributed by atoms with Crippen molar-refractivity contribution in [2.45, 2.75) is 12.5 Å². The van der Waals surface area contributed by atoms with Crippen LogP contribution in [0.15, 0.2) is 42.5 Å². The minimum absolute atomic E-state index is 0.0427. The van der Waals surface area contributed by atoms with Crippen molar-refractivity contribution in [1.82, 2.24) is 5.32 Å². The fraction of sp³-hybridized carbons (Fsp3) is 0.300. The third-order valence-corrected chi connectivity index (χ3v) is 4.61. The lowest BCUT2D eigenvalue weighted by Crippen LogP contribution is -2.37. The summed E-state index contributed by atoms with van der Waals surface area (Å²) in [5.74, 6) is -1.03. The first-order valence-corrected chi connectivity index (χ1v) is 8.73.